The highest BCUT2D eigenvalue weighted by Gasteiger charge is 2.35. The maximum Gasteiger partial charge on any atom is 0.243 e. The van der Waals surface area contributed by atoms with Crippen LogP contribution in [0.3, 0.4) is 0 Å². The summed E-state index contributed by atoms with van der Waals surface area (Å²) in [6.45, 7) is 4.50. The smallest absolute Gasteiger partial charge is 0.243 e. The molecule has 8 nitrogen and oxygen atoms in total. The Morgan fingerprint density at radius 2 is 1.93 bits per heavy atom. The third kappa shape index (κ3) is 4.23. The molecule has 10 heteroatoms. The lowest BCUT2D eigenvalue weighted by atomic mass is 10.1. The maximum absolute atomic E-state index is 12.6. The topological polar surface area (TPSA) is 111 Å². The van der Waals surface area contributed by atoms with Crippen molar-refractivity contribution >= 4 is 43.9 Å². The molecule has 0 spiro atoms. The summed E-state index contributed by atoms with van der Waals surface area (Å²) >= 11 is 1.26. The van der Waals surface area contributed by atoms with Crippen molar-refractivity contribution in [3.8, 4) is 6.07 Å². The fourth-order valence-electron chi connectivity index (χ4n) is 3.35. The molecule has 1 atom stereocenters. The van der Waals surface area contributed by atoms with Gasteiger partial charge in [-0.05, 0) is 35.7 Å². The molecule has 30 heavy (non-hydrogen) atoms. The lowest BCUT2D eigenvalue weighted by Gasteiger charge is -2.20. The molecule has 158 valence electrons. The number of hydrogen-bond donors (Lipinski definition) is 1. The van der Waals surface area contributed by atoms with E-state index in [4.69, 9.17) is 5.26 Å². The molecule has 1 N–H and O–H groups in total. The molecule has 2 amide bonds. The van der Waals surface area contributed by atoms with E-state index < -0.39 is 15.9 Å². The molecule has 1 saturated heterocycles. The second-order valence-corrected chi connectivity index (χ2v) is 9.61. The van der Waals surface area contributed by atoms with Gasteiger partial charge in [-0.1, -0.05) is 13.8 Å². The highest BCUT2D eigenvalue weighted by atomic mass is 32.2. The Morgan fingerprint density at radius 3 is 2.53 bits per heavy atom. The minimum Gasteiger partial charge on any atom is -0.316 e. The lowest BCUT2D eigenvalue weighted by molar-refractivity contribution is -0.122. The first-order valence-corrected chi connectivity index (χ1v) is 11.8. The van der Waals surface area contributed by atoms with Crippen LogP contribution in [0, 0.1) is 17.2 Å². The number of carbonyl (C=O) groups excluding carboxylic acids is 2. The molecule has 0 radical (unpaired) electrons. The fourth-order valence-corrected chi connectivity index (χ4v) is 5.55. The van der Waals surface area contributed by atoms with Gasteiger partial charge in [-0.2, -0.15) is 9.57 Å². The van der Waals surface area contributed by atoms with Crippen molar-refractivity contribution in [2.75, 3.05) is 29.9 Å². The van der Waals surface area contributed by atoms with Crippen molar-refractivity contribution in [2.45, 2.75) is 25.2 Å². The van der Waals surface area contributed by atoms with E-state index in [-0.39, 0.29) is 29.7 Å². The molecule has 0 bridgehead atoms. The van der Waals surface area contributed by atoms with Gasteiger partial charge < -0.3 is 10.2 Å². The maximum atomic E-state index is 12.6. The van der Waals surface area contributed by atoms with Crippen LogP contribution in [0.4, 0.5) is 10.7 Å². The Balaban J connectivity index is 1.72. The van der Waals surface area contributed by atoms with E-state index in [2.05, 4.69) is 5.32 Å². The van der Waals surface area contributed by atoms with Crippen LogP contribution in [0.15, 0.2) is 40.6 Å². The van der Waals surface area contributed by atoms with Gasteiger partial charge in [-0.3, -0.25) is 9.59 Å². The van der Waals surface area contributed by atoms with Crippen LogP contribution >= 0.6 is 11.3 Å². The summed E-state index contributed by atoms with van der Waals surface area (Å²) in [6.07, 6.45) is 0.0542. The summed E-state index contributed by atoms with van der Waals surface area (Å²) in [4.78, 5) is 26.7. The Morgan fingerprint density at radius 1 is 1.27 bits per heavy atom. The number of sulfonamides is 1. The van der Waals surface area contributed by atoms with Crippen LogP contribution in [0.25, 0.3) is 0 Å². The summed E-state index contributed by atoms with van der Waals surface area (Å²) in [5, 5.41) is 14.0. The number of amides is 2. The molecule has 3 rings (SSSR count). The van der Waals surface area contributed by atoms with E-state index in [0.717, 1.165) is 0 Å². The molecule has 0 aliphatic carbocycles. The number of nitrogens with zero attached hydrogens (tertiary/aromatic N) is 3. The van der Waals surface area contributed by atoms with E-state index in [1.165, 1.54) is 32.7 Å². The van der Waals surface area contributed by atoms with E-state index in [9.17, 15) is 18.0 Å². The number of hydrogen-bond acceptors (Lipinski definition) is 6. The summed E-state index contributed by atoms with van der Waals surface area (Å²) in [6, 6.07) is 9.77. The first-order valence-electron chi connectivity index (χ1n) is 9.50. The van der Waals surface area contributed by atoms with Gasteiger partial charge in [0.25, 0.3) is 0 Å². The quantitative estimate of drug-likeness (QED) is 0.703. The van der Waals surface area contributed by atoms with Gasteiger partial charge in [0.05, 0.1) is 16.4 Å². The normalized spacial score (nSPS) is 16.7. The number of rotatable bonds is 7. The van der Waals surface area contributed by atoms with Gasteiger partial charge in [0.1, 0.15) is 11.1 Å². The molecule has 1 aliphatic heterocycles. The number of anilines is 2. The number of benzene rings is 1. The third-order valence-electron chi connectivity index (χ3n) is 5.01. The van der Waals surface area contributed by atoms with Crippen LogP contribution < -0.4 is 10.2 Å². The van der Waals surface area contributed by atoms with Crippen molar-refractivity contribution in [3.63, 3.8) is 0 Å². The zero-order valence-electron chi connectivity index (χ0n) is 16.7. The molecular weight excluding hydrogens is 424 g/mol. The van der Waals surface area contributed by atoms with Crippen molar-refractivity contribution in [2.24, 2.45) is 5.92 Å². The monoisotopic (exact) mass is 446 g/mol. The van der Waals surface area contributed by atoms with Crippen molar-refractivity contribution in [1.82, 2.24) is 4.31 Å². The van der Waals surface area contributed by atoms with Gasteiger partial charge >= 0.3 is 0 Å². The zero-order chi connectivity index (χ0) is 21.9. The Kier molecular flexibility index (Phi) is 6.55. The Hall–Kier alpha value is -2.74. The molecule has 2 heterocycles. The van der Waals surface area contributed by atoms with Gasteiger partial charge in [-0.15, -0.1) is 11.3 Å². The lowest BCUT2D eigenvalue weighted by Crippen LogP contribution is -2.31. The van der Waals surface area contributed by atoms with Gasteiger partial charge in [0.15, 0.2) is 0 Å². The summed E-state index contributed by atoms with van der Waals surface area (Å²) < 4.78 is 26.6. The number of nitriles is 1. The third-order valence-corrected chi connectivity index (χ3v) is 7.90. The fraction of sp³-hybridized carbons (Fsp3) is 0.350. The summed E-state index contributed by atoms with van der Waals surface area (Å²) in [5.74, 6) is -1.07. The van der Waals surface area contributed by atoms with Gasteiger partial charge in [-0.25, -0.2) is 8.42 Å². The average Bonchev–Trinajstić information content (AvgIpc) is 3.35. The molecule has 1 aliphatic rings. The van der Waals surface area contributed by atoms with Crippen molar-refractivity contribution < 1.29 is 18.0 Å². The van der Waals surface area contributed by atoms with Gasteiger partial charge in [0.2, 0.25) is 21.8 Å². The van der Waals surface area contributed by atoms with E-state index in [1.807, 2.05) is 6.07 Å². The Bertz CT molecular complexity index is 1080. The largest absolute Gasteiger partial charge is 0.316 e. The van der Waals surface area contributed by atoms with Crippen LogP contribution in [0.1, 0.15) is 25.8 Å². The molecule has 1 aromatic heterocycles. The highest BCUT2D eigenvalue weighted by Crippen LogP contribution is 2.29. The van der Waals surface area contributed by atoms with Crippen LogP contribution in [0.2, 0.25) is 0 Å². The second kappa shape index (κ2) is 8.95. The predicted molar refractivity (Wildman–Crippen MR) is 115 cm³/mol. The average molecular weight is 447 g/mol. The van der Waals surface area contributed by atoms with Crippen molar-refractivity contribution in [1.29, 1.82) is 5.26 Å². The highest BCUT2D eigenvalue weighted by molar-refractivity contribution is 7.89. The van der Waals surface area contributed by atoms with Gasteiger partial charge in [0, 0.05) is 31.7 Å². The number of thiophene rings is 1. The molecular formula is C20H22N4O4S2. The molecule has 0 saturated carbocycles. The predicted octanol–water partition coefficient (Wildman–Crippen LogP) is 2.64. The molecule has 1 fully saturated rings. The summed E-state index contributed by atoms with van der Waals surface area (Å²) in [5.41, 5.74) is 0.933. The minimum absolute atomic E-state index is 0.0542. The molecule has 1 aromatic carbocycles. The SMILES string of the molecule is CCN(CC)S(=O)(=O)c1ccc(N2CC(C(=O)Nc3sccc3C#N)CC2=O)cc1. The number of nitrogens with one attached hydrogen (secondary N) is 1. The number of carbonyl (C=O) groups is 2. The summed E-state index contributed by atoms with van der Waals surface area (Å²) in [7, 11) is -3.57. The zero-order valence-corrected chi connectivity index (χ0v) is 18.3. The van der Waals surface area contributed by atoms with Crippen LogP contribution in [0.5, 0.6) is 0 Å². The Labute approximate surface area is 179 Å². The minimum atomic E-state index is -3.57. The van der Waals surface area contributed by atoms with E-state index in [1.54, 1.807) is 37.4 Å². The van der Waals surface area contributed by atoms with Crippen LogP contribution in [-0.2, 0) is 19.6 Å². The van der Waals surface area contributed by atoms with Crippen LogP contribution in [-0.4, -0.2) is 44.2 Å². The van der Waals surface area contributed by atoms with E-state index in [0.29, 0.717) is 29.3 Å². The first-order chi connectivity index (χ1) is 14.3. The first kappa shape index (κ1) is 22.0. The molecule has 2 aromatic rings. The second-order valence-electron chi connectivity index (χ2n) is 6.75. The van der Waals surface area contributed by atoms with E-state index >= 15 is 0 Å². The molecule has 1 unspecified atom stereocenters. The standard InChI is InChI=1S/C20H22N4O4S2/c1-3-23(4-2)30(27,28)17-7-5-16(6-8-17)24-13-15(11-18(24)25)19(26)22-20-14(12-21)9-10-29-20/h5-10,15H,3-4,11,13H2,1-2H3,(H,22,26). The van der Waals surface area contributed by atoms with Crippen molar-refractivity contribution in [3.05, 3.63) is 41.3 Å².